The van der Waals surface area contributed by atoms with Crippen molar-refractivity contribution in [2.75, 3.05) is 13.7 Å². The quantitative estimate of drug-likeness (QED) is 0.542. The molecule has 1 saturated heterocycles. The Morgan fingerprint density at radius 2 is 1.97 bits per heavy atom. The van der Waals surface area contributed by atoms with Gasteiger partial charge in [-0.25, -0.2) is 4.39 Å². The van der Waals surface area contributed by atoms with E-state index in [4.69, 9.17) is 13.9 Å². The minimum Gasteiger partial charge on any atom is -0.493 e. The standard InChI is InChI=1S/C22H20F5N3O4/c1-10-17(20-30-28-9-33-20)16(31)6-15(29-10)13-8-34-21(2,22(25,26)27)7-12(13)11-4-5-14(23)18(24)19(11)32-3/h4-6,9,12-13H,7-8H2,1-3H3,(H,29,31)/t12-,13+,21+/m0/s1. The number of halogens is 5. The van der Waals surface area contributed by atoms with E-state index in [-0.39, 0.29) is 22.7 Å². The van der Waals surface area contributed by atoms with Gasteiger partial charge in [-0.1, -0.05) is 6.07 Å². The van der Waals surface area contributed by atoms with Crippen LogP contribution in [-0.4, -0.2) is 40.7 Å². The second-order valence-electron chi connectivity index (χ2n) is 8.27. The maximum atomic E-state index is 14.5. The first-order valence-electron chi connectivity index (χ1n) is 10.2. The van der Waals surface area contributed by atoms with E-state index in [0.29, 0.717) is 5.69 Å². The highest BCUT2D eigenvalue weighted by Gasteiger charge is 2.57. The number of aromatic amines is 1. The van der Waals surface area contributed by atoms with Crippen molar-refractivity contribution < 1.29 is 35.8 Å². The van der Waals surface area contributed by atoms with Gasteiger partial charge in [-0.15, -0.1) is 10.2 Å². The van der Waals surface area contributed by atoms with Crippen LogP contribution >= 0.6 is 0 Å². The van der Waals surface area contributed by atoms with Gasteiger partial charge in [0.25, 0.3) is 5.89 Å². The van der Waals surface area contributed by atoms with Gasteiger partial charge in [0.2, 0.25) is 12.2 Å². The number of nitrogens with zero attached hydrogens (tertiary/aromatic N) is 2. The molecule has 1 aliphatic rings. The van der Waals surface area contributed by atoms with E-state index in [1.54, 1.807) is 6.92 Å². The van der Waals surface area contributed by atoms with Crippen LogP contribution in [0.3, 0.4) is 0 Å². The van der Waals surface area contributed by atoms with Gasteiger partial charge in [0.15, 0.2) is 22.6 Å². The first-order chi connectivity index (χ1) is 16.0. The van der Waals surface area contributed by atoms with Gasteiger partial charge in [-0.05, 0) is 26.3 Å². The van der Waals surface area contributed by atoms with E-state index in [9.17, 15) is 26.7 Å². The lowest BCUT2D eigenvalue weighted by Crippen LogP contribution is -2.51. The van der Waals surface area contributed by atoms with E-state index in [1.807, 2.05) is 0 Å². The van der Waals surface area contributed by atoms with Crippen LogP contribution in [0.4, 0.5) is 22.0 Å². The summed E-state index contributed by atoms with van der Waals surface area (Å²) in [5.41, 5.74) is -2.32. The molecule has 0 unspecified atom stereocenters. The Morgan fingerprint density at radius 3 is 2.56 bits per heavy atom. The molecule has 2 aromatic heterocycles. The topological polar surface area (TPSA) is 90.2 Å². The van der Waals surface area contributed by atoms with Crippen molar-refractivity contribution in [3.05, 3.63) is 63.4 Å². The molecule has 3 heterocycles. The van der Waals surface area contributed by atoms with E-state index in [1.165, 1.54) is 12.1 Å². The average molecular weight is 485 g/mol. The average Bonchev–Trinajstić information content (AvgIpc) is 3.28. The van der Waals surface area contributed by atoms with Crippen LogP contribution in [0.1, 0.15) is 42.1 Å². The molecule has 0 amide bonds. The highest BCUT2D eigenvalue weighted by molar-refractivity contribution is 5.56. The van der Waals surface area contributed by atoms with Crippen LogP contribution in [0.25, 0.3) is 11.5 Å². The zero-order chi connectivity index (χ0) is 24.8. The van der Waals surface area contributed by atoms with E-state index < -0.39 is 59.5 Å². The van der Waals surface area contributed by atoms with E-state index in [0.717, 1.165) is 26.5 Å². The highest BCUT2D eigenvalue weighted by atomic mass is 19.4. The number of rotatable bonds is 4. The first kappa shape index (κ1) is 23.9. The molecule has 0 saturated carbocycles. The summed E-state index contributed by atoms with van der Waals surface area (Å²) in [6.45, 7) is 2.02. The fourth-order valence-electron chi connectivity index (χ4n) is 4.35. The summed E-state index contributed by atoms with van der Waals surface area (Å²) in [7, 11) is 1.10. The number of alkyl halides is 3. The smallest absolute Gasteiger partial charge is 0.417 e. The Labute approximate surface area is 189 Å². The molecule has 0 spiro atoms. The molecule has 3 atom stereocenters. The van der Waals surface area contributed by atoms with Crippen LogP contribution in [0.2, 0.25) is 0 Å². The molecule has 7 nitrogen and oxygen atoms in total. The Hall–Kier alpha value is -3.28. The highest BCUT2D eigenvalue weighted by Crippen LogP contribution is 2.51. The van der Waals surface area contributed by atoms with Crippen molar-refractivity contribution in [2.45, 2.75) is 43.9 Å². The number of aryl methyl sites for hydroxylation is 1. The second kappa shape index (κ2) is 8.49. The Balaban J connectivity index is 1.85. The van der Waals surface area contributed by atoms with Crippen LogP contribution in [-0.2, 0) is 4.74 Å². The number of aromatic nitrogens is 3. The molecule has 1 N–H and O–H groups in total. The van der Waals surface area contributed by atoms with Crippen molar-refractivity contribution in [1.29, 1.82) is 0 Å². The number of H-pyrrole nitrogens is 1. The molecule has 1 aromatic carbocycles. The maximum absolute atomic E-state index is 14.5. The van der Waals surface area contributed by atoms with Gasteiger partial charge in [0.05, 0.1) is 13.7 Å². The van der Waals surface area contributed by atoms with Crippen LogP contribution in [0.15, 0.2) is 33.8 Å². The Kier molecular flexibility index (Phi) is 5.96. The van der Waals surface area contributed by atoms with Crippen LogP contribution in [0, 0.1) is 18.6 Å². The van der Waals surface area contributed by atoms with Crippen molar-refractivity contribution in [2.24, 2.45) is 0 Å². The number of benzene rings is 1. The summed E-state index contributed by atoms with van der Waals surface area (Å²) in [5, 5.41) is 7.26. The van der Waals surface area contributed by atoms with Gasteiger partial charge < -0.3 is 18.9 Å². The van der Waals surface area contributed by atoms with Crippen molar-refractivity contribution in [3.63, 3.8) is 0 Å². The second-order valence-corrected chi connectivity index (χ2v) is 8.27. The third-order valence-electron chi connectivity index (χ3n) is 6.17. The number of hydrogen-bond donors (Lipinski definition) is 1. The number of nitrogens with one attached hydrogen (secondary N) is 1. The summed E-state index contributed by atoms with van der Waals surface area (Å²) in [5.74, 6) is -4.89. The van der Waals surface area contributed by atoms with Crippen molar-refractivity contribution in [3.8, 4) is 17.2 Å². The molecular weight excluding hydrogens is 465 g/mol. The largest absolute Gasteiger partial charge is 0.493 e. The van der Waals surface area contributed by atoms with Crippen molar-refractivity contribution in [1.82, 2.24) is 15.2 Å². The summed E-state index contributed by atoms with van der Waals surface area (Å²) >= 11 is 0. The maximum Gasteiger partial charge on any atom is 0.417 e. The molecule has 0 bridgehead atoms. The number of pyridine rings is 1. The summed E-state index contributed by atoms with van der Waals surface area (Å²) in [6.07, 6.45) is -4.29. The predicted octanol–water partition coefficient (Wildman–Crippen LogP) is 4.63. The molecule has 1 fully saturated rings. The lowest BCUT2D eigenvalue weighted by molar-refractivity contribution is -0.286. The lowest BCUT2D eigenvalue weighted by Gasteiger charge is -2.44. The molecular formula is C22H20F5N3O4. The van der Waals surface area contributed by atoms with Gasteiger partial charge in [0, 0.05) is 34.9 Å². The zero-order valence-electron chi connectivity index (χ0n) is 18.3. The molecule has 12 heteroatoms. The predicted molar refractivity (Wildman–Crippen MR) is 109 cm³/mol. The van der Waals surface area contributed by atoms with Gasteiger partial charge in [0.1, 0.15) is 5.56 Å². The van der Waals surface area contributed by atoms with Crippen molar-refractivity contribution >= 4 is 0 Å². The molecule has 0 radical (unpaired) electrons. The van der Waals surface area contributed by atoms with E-state index in [2.05, 4.69) is 15.2 Å². The third kappa shape index (κ3) is 3.95. The van der Waals surface area contributed by atoms with Gasteiger partial charge >= 0.3 is 6.18 Å². The SMILES string of the molecule is COc1c([C@@H]2C[C@](C)(C(F)(F)F)OC[C@H]2c2cc(=O)c(-c3nnco3)c(C)[nH]2)ccc(F)c1F. The minimum absolute atomic E-state index is 0.0198. The van der Waals surface area contributed by atoms with E-state index >= 15 is 0 Å². The number of methoxy groups -OCH3 is 1. The summed E-state index contributed by atoms with van der Waals surface area (Å²) in [6, 6.07) is 3.22. The fourth-order valence-corrected chi connectivity index (χ4v) is 4.35. The molecule has 182 valence electrons. The minimum atomic E-state index is -4.73. The van der Waals surface area contributed by atoms with Gasteiger partial charge in [-0.2, -0.15) is 17.6 Å². The van der Waals surface area contributed by atoms with Crippen LogP contribution < -0.4 is 10.2 Å². The normalized spacial score (nSPS) is 23.2. The monoisotopic (exact) mass is 485 g/mol. The summed E-state index contributed by atoms with van der Waals surface area (Å²) < 4.78 is 85.2. The number of ether oxygens (including phenoxy) is 2. The molecule has 4 rings (SSSR count). The van der Waals surface area contributed by atoms with Gasteiger partial charge in [-0.3, -0.25) is 4.79 Å². The zero-order valence-corrected chi connectivity index (χ0v) is 18.3. The number of hydrogen-bond acceptors (Lipinski definition) is 6. The molecule has 3 aromatic rings. The fraction of sp³-hybridized carbons (Fsp3) is 0.409. The Morgan fingerprint density at radius 1 is 1.24 bits per heavy atom. The first-order valence-corrected chi connectivity index (χ1v) is 10.2. The lowest BCUT2D eigenvalue weighted by atomic mass is 9.74. The Bertz CT molecular complexity index is 1260. The van der Waals surface area contributed by atoms with Crippen LogP contribution in [0.5, 0.6) is 5.75 Å². The summed E-state index contributed by atoms with van der Waals surface area (Å²) in [4.78, 5) is 15.9. The third-order valence-corrected chi connectivity index (χ3v) is 6.17. The molecule has 34 heavy (non-hydrogen) atoms. The molecule has 1 aliphatic heterocycles. The molecule has 0 aliphatic carbocycles.